The lowest BCUT2D eigenvalue weighted by molar-refractivity contribution is 0.616. The first-order chi connectivity index (χ1) is 13.0. The maximum Gasteiger partial charge on any atom is 0.173 e. The Bertz CT molecular complexity index is 995. The maximum absolute atomic E-state index is 14.6. The summed E-state index contributed by atoms with van der Waals surface area (Å²) < 4.78 is 30.2. The number of fused-ring (bicyclic) bond motifs is 1. The molecule has 8 heteroatoms. The molecule has 140 valence electrons. The van der Waals surface area contributed by atoms with Crippen LogP contribution in [-0.2, 0) is 0 Å². The lowest BCUT2D eigenvalue weighted by atomic mass is 10.2. The fraction of sp³-hybridized carbons (Fsp3) is 0.316. The summed E-state index contributed by atoms with van der Waals surface area (Å²) in [4.78, 5) is 14.7. The second-order valence-corrected chi connectivity index (χ2v) is 6.71. The number of hydrogen-bond acceptors (Lipinski definition) is 5. The number of imidazole rings is 1. The van der Waals surface area contributed by atoms with E-state index in [1.165, 1.54) is 18.3 Å². The van der Waals surface area contributed by atoms with Crippen molar-refractivity contribution in [1.82, 2.24) is 24.7 Å². The van der Waals surface area contributed by atoms with Gasteiger partial charge < -0.3 is 14.6 Å². The van der Waals surface area contributed by atoms with Crippen LogP contribution >= 0.6 is 0 Å². The number of anilines is 1. The zero-order valence-corrected chi connectivity index (χ0v) is 15.2. The molecule has 0 radical (unpaired) electrons. The minimum absolute atomic E-state index is 0.116. The molecule has 6 nitrogen and oxygen atoms in total. The van der Waals surface area contributed by atoms with Gasteiger partial charge in [0.05, 0.1) is 18.1 Å². The van der Waals surface area contributed by atoms with Crippen molar-refractivity contribution < 1.29 is 8.78 Å². The standard InChI is InChI=1S/C19H20F2N6/c1-12-9-27-10-13(6-16(21)19(27)25-12)5-15(20)17-7-24-18(8-23-17)26-4-3-14(11-26)22-2/h5-10,14,22H,3-4,11H2,1-2H3/t14-/m1/s1. The Morgan fingerprint density at radius 1 is 1.30 bits per heavy atom. The van der Waals surface area contributed by atoms with Crippen LogP contribution in [0.5, 0.6) is 0 Å². The number of nitrogens with zero attached hydrogens (tertiary/aromatic N) is 5. The third-order valence-corrected chi connectivity index (χ3v) is 4.74. The van der Waals surface area contributed by atoms with Gasteiger partial charge in [0.1, 0.15) is 11.5 Å². The van der Waals surface area contributed by atoms with Gasteiger partial charge in [0, 0.05) is 31.5 Å². The van der Waals surface area contributed by atoms with Crippen LogP contribution in [0.3, 0.4) is 0 Å². The summed E-state index contributed by atoms with van der Waals surface area (Å²) in [6, 6.07) is 1.69. The smallest absolute Gasteiger partial charge is 0.173 e. The molecule has 1 aliphatic rings. The van der Waals surface area contributed by atoms with Crippen LogP contribution in [0, 0.1) is 12.7 Å². The van der Waals surface area contributed by atoms with E-state index in [1.807, 2.05) is 7.05 Å². The van der Waals surface area contributed by atoms with Gasteiger partial charge in [0.25, 0.3) is 0 Å². The van der Waals surface area contributed by atoms with Crippen LogP contribution in [0.25, 0.3) is 17.6 Å². The molecule has 1 atom stereocenters. The first-order valence-electron chi connectivity index (χ1n) is 8.80. The Hall–Kier alpha value is -2.87. The predicted octanol–water partition coefficient (Wildman–Crippen LogP) is 2.84. The van der Waals surface area contributed by atoms with Crippen molar-refractivity contribution in [2.75, 3.05) is 25.0 Å². The van der Waals surface area contributed by atoms with Gasteiger partial charge in [-0.2, -0.15) is 0 Å². The summed E-state index contributed by atoms with van der Waals surface area (Å²) in [5.74, 6) is -0.344. The van der Waals surface area contributed by atoms with Crippen molar-refractivity contribution in [3.63, 3.8) is 0 Å². The lowest BCUT2D eigenvalue weighted by Crippen LogP contribution is -2.29. The molecule has 0 bridgehead atoms. The molecule has 0 aliphatic carbocycles. The van der Waals surface area contributed by atoms with E-state index in [2.05, 4.69) is 25.2 Å². The molecule has 1 fully saturated rings. The molecule has 1 N–H and O–H groups in total. The molecular formula is C19H20F2N6. The number of aromatic nitrogens is 4. The zero-order chi connectivity index (χ0) is 19.0. The van der Waals surface area contributed by atoms with E-state index in [4.69, 9.17) is 0 Å². The largest absolute Gasteiger partial charge is 0.354 e. The van der Waals surface area contributed by atoms with E-state index in [0.29, 0.717) is 17.3 Å². The zero-order valence-electron chi connectivity index (χ0n) is 15.2. The van der Waals surface area contributed by atoms with Crippen LogP contribution in [0.15, 0.2) is 30.9 Å². The highest BCUT2D eigenvalue weighted by atomic mass is 19.1. The number of hydrogen-bond donors (Lipinski definition) is 1. The van der Waals surface area contributed by atoms with Crippen LogP contribution < -0.4 is 10.2 Å². The molecule has 0 unspecified atom stereocenters. The van der Waals surface area contributed by atoms with Crippen molar-refractivity contribution in [2.24, 2.45) is 0 Å². The monoisotopic (exact) mass is 370 g/mol. The number of rotatable bonds is 4. The van der Waals surface area contributed by atoms with E-state index in [9.17, 15) is 8.78 Å². The average Bonchev–Trinajstić information content (AvgIpc) is 3.28. The normalized spacial score (nSPS) is 17.9. The molecule has 0 aromatic carbocycles. The number of likely N-dealkylation sites (N-methyl/N-ethyl adjacent to an activating group) is 1. The van der Waals surface area contributed by atoms with E-state index in [1.54, 1.807) is 29.9 Å². The van der Waals surface area contributed by atoms with Crippen molar-refractivity contribution >= 4 is 23.4 Å². The Morgan fingerprint density at radius 2 is 2.15 bits per heavy atom. The summed E-state index contributed by atoms with van der Waals surface area (Å²) in [6.45, 7) is 3.52. The number of pyridine rings is 1. The molecule has 27 heavy (non-hydrogen) atoms. The first-order valence-corrected chi connectivity index (χ1v) is 8.80. The summed E-state index contributed by atoms with van der Waals surface area (Å²) in [5.41, 5.74) is 1.42. The Balaban J connectivity index is 1.56. The van der Waals surface area contributed by atoms with Crippen LogP contribution in [0.1, 0.15) is 23.4 Å². The van der Waals surface area contributed by atoms with Gasteiger partial charge in [-0.3, -0.25) is 0 Å². The third-order valence-electron chi connectivity index (χ3n) is 4.74. The second kappa shape index (κ2) is 7.03. The second-order valence-electron chi connectivity index (χ2n) is 6.71. The van der Waals surface area contributed by atoms with Gasteiger partial charge in [-0.15, -0.1) is 0 Å². The first kappa shape index (κ1) is 17.5. The van der Waals surface area contributed by atoms with Crippen molar-refractivity contribution in [2.45, 2.75) is 19.4 Å². The Morgan fingerprint density at radius 3 is 2.85 bits per heavy atom. The minimum atomic E-state index is -0.570. The Kier molecular flexibility index (Phi) is 4.57. The highest BCUT2D eigenvalue weighted by molar-refractivity contribution is 5.75. The molecular weight excluding hydrogens is 350 g/mol. The third kappa shape index (κ3) is 3.52. The molecule has 1 saturated heterocycles. The van der Waals surface area contributed by atoms with E-state index >= 15 is 0 Å². The minimum Gasteiger partial charge on any atom is -0.354 e. The van der Waals surface area contributed by atoms with E-state index in [-0.39, 0.29) is 11.3 Å². The van der Waals surface area contributed by atoms with E-state index < -0.39 is 11.6 Å². The molecule has 3 aromatic heterocycles. The van der Waals surface area contributed by atoms with Crippen molar-refractivity contribution in [3.05, 3.63) is 53.6 Å². The average molecular weight is 370 g/mol. The van der Waals surface area contributed by atoms with Crippen LogP contribution in [-0.4, -0.2) is 45.5 Å². The molecule has 0 amide bonds. The fourth-order valence-corrected chi connectivity index (χ4v) is 3.31. The number of aryl methyl sites for hydroxylation is 1. The molecule has 1 aliphatic heterocycles. The number of halogens is 2. The molecule has 4 heterocycles. The lowest BCUT2D eigenvalue weighted by Gasteiger charge is -2.16. The summed E-state index contributed by atoms with van der Waals surface area (Å²) in [7, 11) is 1.94. The molecule has 0 spiro atoms. The van der Waals surface area contributed by atoms with Gasteiger partial charge in [-0.05, 0) is 38.1 Å². The summed E-state index contributed by atoms with van der Waals surface area (Å²) in [6.07, 6.45) is 8.58. The highest BCUT2D eigenvalue weighted by Gasteiger charge is 2.22. The predicted molar refractivity (Wildman–Crippen MR) is 101 cm³/mol. The quantitative estimate of drug-likeness (QED) is 0.765. The summed E-state index contributed by atoms with van der Waals surface area (Å²) >= 11 is 0. The van der Waals surface area contributed by atoms with Crippen LogP contribution in [0.4, 0.5) is 14.6 Å². The van der Waals surface area contributed by atoms with Gasteiger partial charge >= 0.3 is 0 Å². The van der Waals surface area contributed by atoms with Crippen molar-refractivity contribution in [1.29, 1.82) is 0 Å². The van der Waals surface area contributed by atoms with Gasteiger partial charge in [-0.25, -0.2) is 23.7 Å². The van der Waals surface area contributed by atoms with E-state index in [0.717, 1.165) is 25.3 Å². The summed E-state index contributed by atoms with van der Waals surface area (Å²) in [5, 5.41) is 3.24. The molecule has 3 aromatic rings. The van der Waals surface area contributed by atoms with Crippen LogP contribution in [0.2, 0.25) is 0 Å². The topological polar surface area (TPSA) is 58.3 Å². The van der Waals surface area contributed by atoms with Crippen molar-refractivity contribution in [3.8, 4) is 0 Å². The van der Waals surface area contributed by atoms with Gasteiger partial charge in [0.2, 0.25) is 0 Å². The van der Waals surface area contributed by atoms with Gasteiger partial charge in [0.15, 0.2) is 17.3 Å². The Labute approximate surface area is 155 Å². The number of nitrogens with one attached hydrogen (secondary N) is 1. The van der Waals surface area contributed by atoms with Gasteiger partial charge in [-0.1, -0.05) is 0 Å². The highest BCUT2D eigenvalue weighted by Crippen LogP contribution is 2.22. The maximum atomic E-state index is 14.6. The molecule has 0 saturated carbocycles. The fourth-order valence-electron chi connectivity index (χ4n) is 3.31. The molecule has 4 rings (SSSR count). The SMILES string of the molecule is CN[C@@H]1CCN(c2cnc(C(F)=Cc3cc(F)c4nc(C)cn4c3)cn2)C1.